The van der Waals surface area contributed by atoms with Crippen LogP contribution in [-0.2, 0) is 13.5 Å². The summed E-state index contributed by atoms with van der Waals surface area (Å²) in [5, 5.41) is 5.28. The standard InChI is InChI=1S/C71H114Br2N2S4/c1-9-13-17-21-25-29-31-35-39-42-46-58(45-41-37-33-27-23-19-15-11-3)49-60-53-74-67(70-66(60)69-63(76-70)52-65(73)79-69)55(5)56(6)71-75(8)54-61(57(7)68-62(77-71)51-64(72)78-68)50-59(47-43-38-34-28-24-20-16-12-4)48-44-40-36-32-30-26-22-18-14-10-2/h51-54,58-59,74H,7,9-50H2,1-6,8H3/b61-54?,67-55-,71-56+. The fourth-order valence-electron chi connectivity index (χ4n) is 12.5. The fraction of sp³-hybridized carbons (Fsp3) is 0.718. The number of rotatable bonds is 45. The number of hydrogen-bond donors (Lipinski definition) is 1. The Morgan fingerprint density at radius 3 is 1.27 bits per heavy atom. The third-order valence-corrected chi connectivity index (χ3v) is 23.7. The lowest BCUT2D eigenvalue weighted by Crippen LogP contribution is -2.21. The molecule has 1 aliphatic heterocycles. The number of aromatic nitrogens is 1. The van der Waals surface area contributed by atoms with Crippen molar-refractivity contribution in [2.24, 2.45) is 18.9 Å². The molecule has 8 heteroatoms. The minimum atomic E-state index is 0.690. The van der Waals surface area contributed by atoms with E-state index >= 15 is 0 Å². The zero-order chi connectivity index (χ0) is 56.5. The van der Waals surface area contributed by atoms with E-state index in [1.165, 1.54) is 338 Å². The Bertz CT molecular complexity index is 2530. The summed E-state index contributed by atoms with van der Waals surface area (Å²) < 4.78 is 11.8. The van der Waals surface area contributed by atoms with Crippen LogP contribution in [0.2, 0.25) is 0 Å². The Balaban J connectivity index is 1.42. The summed E-state index contributed by atoms with van der Waals surface area (Å²) in [6.45, 7) is 19.0. The highest BCUT2D eigenvalue weighted by molar-refractivity contribution is 9.11. The highest BCUT2D eigenvalue weighted by atomic mass is 79.9. The Hall–Kier alpha value is -1.16. The zero-order valence-corrected chi connectivity index (χ0v) is 58.1. The van der Waals surface area contributed by atoms with Gasteiger partial charge in [-0.3, -0.25) is 0 Å². The Kier molecular flexibility index (Phi) is 35.6. The van der Waals surface area contributed by atoms with Crippen LogP contribution in [0.3, 0.4) is 0 Å². The molecule has 0 aromatic carbocycles. The summed E-state index contributed by atoms with van der Waals surface area (Å²) in [6, 6.07) is 4.74. The molecule has 4 aromatic heterocycles. The minimum absolute atomic E-state index is 0.690. The van der Waals surface area contributed by atoms with Crippen LogP contribution in [0.1, 0.15) is 321 Å². The van der Waals surface area contributed by atoms with Gasteiger partial charge in [0, 0.05) is 34.4 Å². The molecule has 5 rings (SSSR count). The minimum Gasteiger partial charge on any atom is -0.360 e. The van der Waals surface area contributed by atoms with Crippen molar-refractivity contribution in [3.05, 3.63) is 63.6 Å². The van der Waals surface area contributed by atoms with Crippen molar-refractivity contribution in [1.82, 2.24) is 9.88 Å². The second-order valence-corrected chi connectivity index (χ2v) is 31.4. The van der Waals surface area contributed by atoms with Gasteiger partial charge in [0.2, 0.25) is 0 Å². The molecule has 0 fully saturated rings. The molecule has 0 bridgehead atoms. The van der Waals surface area contributed by atoms with Crippen molar-refractivity contribution in [3.63, 3.8) is 0 Å². The second kappa shape index (κ2) is 41.0. The number of hydrogen-bond acceptors (Lipinski definition) is 5. The molecule has 79 heavy (non-hydrogen) atoms. The summed E-state index contributed by atoms with van der Waals surface area (Å²) in [6.07, 6.45) is 62.9. The maximum atomic E-state index is 4.91. The predicted octanol–water partition coefficient (Wildman–Crippen LogP) is 26.0. The van der Waals surface area contributed by atoms with E-state index in [0.29, 0.717) is 5.92 Å². The fourth-order valence-corrected chi connectivity index (χ4v) is 19.0. The van der Waals surface area contributed by atoms with E-state index in [-0.39, 0.29) is 0 Å². The normalized spacial score (nSPS) is 14.5. The maximum Gasteiger partial charge on any atom is 0.0985 e. The van der Waals surface area contributed by atoms with Crippen LogP contribution in [0.4, 0.5) is 0 Å². The maximum absolute atomic E-state index is 4.91. The van der Waals surface area contributed by atoms with Gasteiger partial charge in [-0.05, 0) is 110 Å². The SMILES string of the molecule is C=c1c(CC(CCCCCCCCCC)CCCCCCCCCCCC)cn(C)/c(=C(C)\C(C)=C2/NC=C(CC(CCCCCCCCCC)CCCCCCCCCCCC)c3c2sc2cc(Br)sc32)sc2cc(Br)sc12. The number of halogens is 2. The van der Waals surface area contributed by atoms with Crippen molar-refractivity contribution < 1.29 is 0 Å². The highest BCUT2D eigenvalue weighted by Crippen LogP contribution is 2.49. The summed E-state index contributed by atoms with van der Waals surface area (Å²) in [5.74, 6) is 1.42. The molecule has 0 saturated heterocycles. The van der Waals surface area contributed by atoms with Gasteiger partial charge in [0.1, 0.15) is 0 Å². The van der Waals surface area contributed by atoms with Crippen LogP contribution in [0.15, 0.2) is 37.7 Å². The van der Waals surface area contributed by atoms with Gasteiger partial charge < -0.3 is 9.88 Å². The van der Waals surface area contributed by atoms with Crippen molar-refractivity contribution in [2.75, 3.05) is 0 Å². The van der Waals surface area contributed by atoms with E-state index in [9.17, 15) is 0 Å². The predicted molar refractivity (Wildman–Crippen MR) is 372 cm³/mol. The van der Waals surface area contributed by atoms with Gasteiger partial charge in [0.05, 0.1) is 32.2 Å². The number of unbranched alkanes of at least 4 members (excludes halogenated alkanes) is 32. The molecule has 2 atom stereocenters. The van der Waals surface area contributed by atoms with E-state index in [0.717, 1.165) is 12.3 Å². The van der Waals surface area contributed by atoms with Crippen LogP contribution in [0.5, 0.6) is 0 Å². The highest BCUT2D eigenvalue weighted by Gasteiger charge is 2.28. The van der Waals surface area contributed by atoms with Gasteiger partial charge in [-0.25, -0.2) is 0 Å². The molecule has 0 saturated carbocycles. The molecule has 4 aromatic rings. The van der Waals surface area contributed by atoms with Gasteiger partial charge >= 0.3 is 0 Å². The molecule has 1 N–H and O–H groups in total. The first-order valence-corrected chi connectivity index (χ1v) is 38.2. The van der Waals surface area contributed by atoms with Gasteiger partial charge in [0.15, 0.2) is 0 Å². The second-order valence-electron chi connectivity index (χ2n) is 24.5. The average Bonchev–Trinajstić information content (AvgIpc) is 4.14. The Labute approximate surface area is 518 Å². The van der Waals surface area contributed by atoms with Crippen molar-refractivity contribution in [1.29, 1.82) is 0 Å². The quantitative estimate of drug-likeness (QED) is 0.0437. The molecular formula is C71H114Br2N2S4. The van der Waals surface area contributed by atoms with Gasteiger partial charge in [-0.2, -0.15) is 0 Å². The van der Waals surface area contributed by atoms with Gasteiger partial charge in [0.25, 0.3) is 0 Å². The summed E-state index contributed by atoms with van der Waals surface area (Å²) in [4.78, 5) is 1.44. The molecule has 1 aliphatic rings. The lowest BCUT2D eigenvalue weighted by molar-refractivity contribution is 0.399. The first-order chi connectivity index (χ1) is 38.6. The number of thiophene rings is 3. The van der Waals surface area contributed by atoms with Crippen LogP contribution >= 0.6 is 77.2 Å². The van der Waals surface area contributed by atoms with E-state index in [2.05, 4.69) is 115 Å². The molecule has 5 heterocycles. The molecule has 2 unspecified atom stereocenters. The third kappa shape index (κ3) is 24.8. The van der Waals surface area contributed by atoms with E-state index < -0.39 is 0 Å². The summed E-state index contributed by atoms with van der Waals surface area (Å²) in [7, 11) is 2.32. The molecule has 2 nitrogen and oxygen atoms in total. The average molecular weight is 1280 g/mol. The monoisotopic (exact) mass is 1280 g/mol. The third-order valence-electron chi connectivity index (χ3n) is 17.6. The number of allylic oxidation sites excluding steroid dienone is 2. The molecule has 446 valence electrons. The topological polar surface area (TPSA) is 17.0 Å². The molecular weight excluding hydrogens is 1170 g/mol. The van der Waals surface area contributed by atoms with E-state index in [1.54, 1.807) is 0 Å². The van der Waals surface area contributed by atoms with Gasteiger partial charge in [-0.1, -0.05) is 291 Å². The lowest BCUT2D eigenvalue weighted by Gasteiger charge is -2.25. The first-order valence-electron chi connectivity index (χ1n) is 33.3. The smallest absolute Gasteiger partial charge is 0.0985 e. The number of nitrogens with zero attached hydrogens (tertiary/aromatic N) is 1. The number of aryl methyl sites for hydroxylation is 1. The molecule has 0 spiro atoms. The molecule has 0 aliphatic carbocycles. The number of fused-ring (bicyclic) bond motifs is 4. The number of nitrogens with one attached hydrogen (secondary N) is 1. The Morgan fingerprint density at radius 2 is 0.848 bits per heavy atom. The summed E-state index contributed by atoms with van der Waals surface area (Å²) in [5.41, 5.74) is 8.46. The van der Waals surface area contributed by atoms with Crippen molar-refractivity contribution in [2.45, 2.75) is 311 Å². The van der Waals surface area contributed by atoms with E-state index in [1.807, 2.05) is 45.3 Å². The van der Waals surface area contributed by atoms with Gasteiger partial charge in [-0.15, -0.1) is 45.3 Å². The first kappa shape index (κ1) is 68.6. The molecule has 0 radical (unpaired) electrons. The lowest BCUT2D eigenvalue weighted by atomic mass is 9.85. The van der Waals surface area contributed by atoms with Crippen molar-refractivity contribution >= 4 is 119 Å². The molecule has 0 amide bonds. The largest absolute Gasteiger partial charge is 0.360 e. The van der Waals surface area contributed by atoms with Crippen LogP contribution < -0.4 is 15.2 Å². The van der Waals surface area contributed by atoms with Crippen LogP contribution in [-0.4, -0.2) is 4.57 Å². The van der Waals surface area contributed by atoms with Crippen LogP contribution in [0, 0.1) is 11.8 Å². The summed E-state index contributed by atoms with van der Waals surface area (Å²) >= 11 is 15.6. The van der Waals surface area contributed by atoms with Crippen LogP contribution in [0.25, 0.3) is 42.2 Å². The van der Waals surface area contributed by atoms with E-state index in [4.69, 9.17) is 6.58 Å². The Morgan fingerprint density at radius 1 is 0.481 bits per heavy atom. The zero-order valence-electron chi connectivity index (χ0n) is 51.7. The van der Waals surface area contributed by atoms with Crippen molar-refractivity contribution in [3.8, 4) is 0 Å².